The van der Waals surface area contributed by atoms with Gasteiger partial charge in [0.25, 0.3) is 0 Å². The molecule has 0 aromatic carbocycles. The van der Waals surface area contributed by atoms with Crippen molar-refractivity contribution in [2.75, 3.05) is 13.6 Å². The van der Waals surface area contributed by atoms with Crippen LogP contribution < -0.4 is 5.73 Å². The standard InChI is InChI=1S/C12H22N4O2S/c1-15-9-11(8-14-15)19(17,18)16(2)12-6-4-3-5-10(12)7-13/h8-10,12H,3-7,13H2,1-2H3. The van der Waals surface area contributed by atoms with Crippen LogP contribution in [0.3, 0.4) is 0 Å². The van der Waals surface area contributed by atoms with Gasteiger partial charge in [-0.3, -0.25) is 4.68 Å². The number of aromatic nitrogens is 2. The lowest BCUT2D eigenvalue weighted by Gasteiger charge is -2.36. The molecule has 0 spiro atoms. The molecule has 2 N–H and O–H groups in total. The van der Waals surface area contributed by atoms with Gasteiger partial charge in [0, 0.05) is 26.3 Å². The van der Waals surface area contributed by atoms with E-state index < -0.39 is 10.0 Å². The van der Waals surface area contributed by atoms with Crippen molar-refractivity contribution in [3.8, 4) is 0 Å². The molecule has 2 rings (SSSR count). The highest BCUT2D eigenvalue weighted by molar-refractivity contribution is 7.89. The summed E-state index contributed by atoms with van der Waals surface area (Å²) in [5.41, 5.74) is 5.78. The van der Waals surface area contributed by atoms with E-state index in [1.807, 2.05) is 0 Å². The number of nitrogens with zero attached hydrogens (tertiary/aromatic N) is 3. The third-order valence-corrected chi connectivity index (χ3v) is 5.83. The molecule has 1 aromatic rings. The molecule has 2 atom stereocenters. The van der Waals surface area contributed by atoms with E-state index in [9.17, 15) is 8.42 Å². The van der Waals surface area contributed by atoms with Gasteiger partial charge in [-0.1, -0.05) is 12.8 Å². The molecular formula is C12H22N4O2S. The average Bonchev–Trinajstić information content (AvgIpc) is 2.85. The Morgan fingerprint density at radius 2 is 2.16 bits per heavy atom. The van der Waals surface area contributed by atoms with Crippen molar-refractivity contribution in [3.63, 3.8) is 0 Å². The number of hydrogen-bond acceptors (Lipinski definition) is 4. The van der Waals surface area contributed by atoms with Gasteiger partial charge in [-0.15, -0.1) is 0 Å². The van der Waals surface area contributed by atoms with Crippen LogP contribution in [0, 0.1) is 5.92 Å². The molecule has 1 saturated carbocycles. The van der Waals surface area contributed by atoms with Crippen molar-refractivity contribution in [3.05, 3.63) is 12.4 Å². The Bertz CT molecular complexity index is 526. The Morgan fingerprint density at radius 1 is 1.47 bits per heavy atom. The molecule has 0 bridgehead atoms. The summed E-state index contributed by atoms with van der Waals surface area (Å²) >= 11 is 0. The van der Waals surface area contributed by atoms with Crippen LogP contribution in [0.1, 0.15) is 25.7 Å². The zero-order valence-electron chi connectivity index (χ0n) is 11.5. The summed E-state index contributed by atoms with van der Waals surface area (Å²) in [7, 11) is -0.102. The van der Waals surface area contributed by atoms with Gasteiger partial charge in [-0.2, -0.15) is 9.40 Å². The largest absolute Gasteiger partial charge is 0.330 e. The topological polar surface area (TPSA) is 81.2 Å². The van der Waals surface area contributed by atoms with Crippen LogP contribution in [-0.2, 0) is 17.1 Å². The van der Waals surface area contributed by atoms with Gasteiger partial charge in [0.2, 0.25) is 10.0 Å². The van der Waals surface area contributed by atoms with Gasteiger partial charge in [-0.05, 0) is 25.3 Å². The van der Waals surface area contributed by atoms with Crippen LogP contribution in [0.2, 0.25) is 0 Å². The highest BCUT2D eigenvalue weighted by Crippen LogP contribution is 2.30. The Hall–Kier alpha value is -0.920. The van der Waals surface area contributed by atoms with Gasteiger partial charge in [-0.25, -0.2) is 8.42 Å². The third-order valence-electron chi connectivity index (χ3n) is 4.00. The molecule has 6 nitrogen and oxygen atoms in total. The molecule has 0 radical (unpaired) electrons. The maximum Gasteiger partial charge on any atom is 0.246 e. The number of hydrogen-bond donors (Lipinski definition) is 1. The Kier molecular flexibility index (Phi) is 4.27. The number of nitrogens with two attached hydrogens (primary N) is 1. The lowest BCUT2D eigenvalue weighted by Crippen LogP contribution is -2.45. The molecule has 19 heavy (non-hydrogen) atoms. The first-order chi connectivity index (χ1) is 8.96. The lowest BCUT2D eigenvalue weighted by atomic mass is 9.85. The molecular weight excluding hydrogens is 264 g/mol. The molecule has 0 amide bonds. The van der Waals surface area contributed by atoms with Crippen molar-refractivity contribution in [1.29, 1.82) is 0 Å². The van der Waals surface area contributed by atoms with Crippen molar-refractivity contribution >= 4 is 10.0 Å². The molecule has 1 fully saturated rings. The Balaban J connectivity index is 2.24. The smallest absolute Gasteiger partial charge is 0.246 e. The highest BCUT2D eigenvalue weighted by Gasteiger charge is 2.34. The molecule has 0 aliphatic heterocycles. The van der Waals surface area contributed by atoms with E-state index in [1.165, 1.54) is 21.4 Å². The van der Waals surface area contributed by atoms with E-state index in [4.69, 9.17) is 5.73 Å². The zero-order chi connectivity index (χ0) is 14.0. The summed E-state index contributed by atoms with van der Waals surface area (Å²) < 4.78 is 28.1. The minimum atomic E-state index is -3.47. The monoisotopic (exact) mass is 286 g/mol. The Morgan fingerprint density at radius 3 is 2.74 bits per heavy atom. The first kappa shape index (κ1) is 14.5. The van der Waals surface area contributed by atoms with E-state index in [2.05, 4.69) is 5.10 Å². The minimum Gasteiger partial charge on any atom is -0.330 e. The molecule has 1 heterocycles. The average molecular weight is 286 g/mol. The molecule has 2 unspecified atom stereocenters. The molecule has 108 valence electrons. The number of rotatable bonds is 4. The second-order valence-corrected chi connectivity index (χ2v) is 7.22. The maximum atomic E-state index is 12.5. The first-order valence-electron chi connectivity index (χ1n) is 6.63. The third kappa shape index (κ3) is 2.82. The van der Waals surface area contributed by atoms with Gasteiger partial charge in [0.05, 0.1) is 6.20 Å². The SMILES string of the molecule is CN(C1CCCCC1CN)S(=O)(=O)c1cnn(C)c1. The summed E-state index contributed by atoms with van der Waals surface area (Å²) in [6.45, 7) is 0.539. The summed E-state index contributed by atoms with van der Waals surface area (Å²) in [6, 6.07) is 0.00366. The molecule has 1 aliphatic carbocycles. The fraction of sp³-hybridized carbons (Fsp3) is 0.750. The van der Waals surface area contributed by atoms with Crippen LogP contribution in [0.4, 0.5) is 0 Å². The van der Waals surface area contributed by atoms with Crippen LogP contribution in [0.15, 0.2) is 17.3 Å². The zero-order valence-corrected chi connectivity index (χ0v) is 12.3. The van der Waals surface area contributed by atoms with Crippen molar-refractivity contribution < 1.29 is 8.42 Å². The fourth-order valence-electron chi connectivity index (χ4n) is 2.82. The van der Waals surface area contributed by atoms with Crippen molar-refractivity contribution in [2.24, 2.45) is 18.7 Å². The van der Waals surface area contributed by atoms with Crippen LogP contribution in [-0.4, -0.2) is 42.1 Å². The molecule has 0 saturated heterocycles. The summed E-state index contributed by atoms with van der Waals surface area (Å²) in [6.07, 6.45) is 7.03. The van der Waals surface area contributed by atoms with Gasteiger partial charge in [0.1, 0.15) is 4.90 Å². The summed E-state index contributed by atoms with van der Waals surface area (Å²) in [5, 5.41) is 3.94. The van der Waals surface area contributed by atoms with Gasteiger partial charge in [0.15, 0.2) is 0 Å². The first-order valence-corrected chi connectivity index (χ1v) is 8.07. The van der Waals surface area contributed by atoms with Crippen molar-refractivity contribution in [1.82, 2.24) is 14.1 Å². The minimum absolute atomic E-state index is 0.00366. The molecule has 1 aromatic heterocycles. The van der Waals surface area contributed by atoms with E-state index in [-0.39, 0.29) is 16.9 Å². The van der Waals surface area contributed by atoms with Gasteiger partial charge >= 0.3 is 0 Å². The lowest BCUT2D eigenvalue weighted by molar-refractivity contribution is 0.204. The van der Waals surface area contributed by atoms with Crippen LogP contribution in [0.5, 0.6) is 0 Å². The number of sulfonamides is 1. The molecule has 7 heteroatoms. The molecule has 1 aliphatic rings. The predicted octanol–water partition coefficient (Wildman–Crippen LogP) is 0.558. The normalized spacial score (nSPS) is 24.8. The summed E-state index contributed by atoms with van der Waals surface area (Å²) in [4.78, 5) is 0.249. The van der Waals surface area contributed by atoms with Gasteiger partial charge < -0.3 is 5.73 Å². The fourth-order valence-corrected chi connectivity index (χ4v) is 4.25. The summed E-state index contributed by atoms with van der Waals surface area (Å²) in [5.74, 6) is 0.255. The van der Waals surface area contributed by atoms with E-state index in [0.29, 0.717) is 6.54 Å². The number of aryl methyl sites for hydroxylation is 1. The van der Waals surface area contributed by atoms with Crippen LogP contribution >= 0.6 is 0 Å². The second-order valence-electron chi connectivity index (χ2n) is 5.22. The second kappa shape index (κ2) is 5.60. The van der Waals surface area contributed by atoms with Crippen LogP contribution in [0.25, 0.3) is 0 Å². The highest BCUT2D eigenvalue weighted by atomic mass is 32.2. The quantitative estimate of drug-likeness (QED) is 0.877. The van der Waals surface area contributed by atoms with E-state index in [0.717, 1.165) is 25.7 Å². The van der Waals surface area contributed by atoms with E-state index >= 15 is 0 Å². The van der Waals surface area contributed by atoms with Crippen molar-refractivity contribution in [2.45, 2.75) is 36.6 Å². The predicted molar refractivity (Wildman–Crippen MR) is 73.0 cm³/mol. The maximum absolute atomic E-state index is 12.5. The Labute approximate surface area is 114 Å². The van der Waals surface area contributed by atoms with E-state index in [1.54, 1.807) is 14.1 Å².